The minimum absolute atomic E-state index is 0.00977. The molecular formula is C21H25ClN2O. The van der Waals surface area contributed by atoms with Crippen molar-refractivity contribution in [3.05, 3.63) is 64.2 Å². The number of hydrogen-bond acceptors (Lipinski definition) is 3. The van der Waals surface area contributed by atoms with Crippen LogP contribution in [-0.4, -0.2) is 17.0 Å². The summed E-state index contributed by atoms with van der Waals surface area (Å²) in [7, 11) is 0. The fourth-order valence-corrected chi connectivity index (χ4v) is 3.37. The number of hydrogen-bond donors (Lipinski definition) is 2. The van der Waals surface area contributed by atoms with Crippen LogP contribution < -0.4 is 5.32 Å². The second-order valence-electron chi connectivity index (χ2n) is 6.94. The SMILES string of the molecule is CCc1ccc(C2=N[C@@H](C(C)C)N[C@@H](c3cc(Cl)ccc3O)C2)cc1. The zero-order chi connectivity index (χ0) is 18.0. The summed E-state index contributed by atoms with van der Waals surface area (Å²) in [5.74, 6) is 0.626. The average molecular weight is 357 g/mol. The Hall–Kier alpha value is -1.84. The van der Waals surface area contributed by atoms with Gasteiger partial charge in [-0.05, 0) is 41.7 Å². The second kappa shape index (κ2) is 7.59. The fraction of sp³-hybridized carbons (Fsp3) is 0.381. The van der Waals surface area contributed by atoms with Gasteiger partial charge < -0.3 is 5.11 Å². The molecule has 4 heteroatoms. The van der Waals surface area contributed by atoms with Crippen molar-refractivity contribution in [1.29, 1.82) is 0 Å². The van der Waals surface area contributed by atoms with Crippen LogP contribution in [0.2, 0.25) is 5.02 Å². The van der Waals surface area contributed by atoms with Gasteiger partial charge in [0.25, 0.3) is 0 Å². The van der Waals surface area contributed by atoms with Crippen LogP contribution >= 0.6 is 11.6 Å². The van der Waals surface area contributed by atoms with Gasteiger partial charge in [0.1, 0.15) is 11.9 Å². The lowest BCUT2D eigenvalue weighted by molar-refractivity contribution is 0.345. The predicted molar refractivity (Wildman–Crippen MR) is 105 cm³/mol. The largest absolute Gasteiger partial charge is 0.508 e. The molecular weight excluding hydrogens is 332 g/mol. The summed E-state index contributed by atoms with van der Waals surface area (Å²) in [6.07, 6.45) is 1.77. The van der Waals surface area contributed by atoms with E-state index in [4.69, 9.17) is 16.6 Å². The van der Waals surface area contributed by atoms with E-state index in [0.717, 1.165) is 29.7 Å². The Morgan fingerprint density at radius 3 is 2.56 bits per heavy atom. The van der Waals surface area contributed by atoms with E-state index in [2.05, 4.69) is 50.4 Å². The van der Waals surface area contributed by atoms with Gasteiger partial charge in [0.2, 0.25) is 0 Å². The van der Waals surface area contributed by atoms with Crippen LogP contribution in [0.4, 0.5) is 0 Å². The highest BCUT2D eigenvalue weighted by Crippen LogP contribution is 2.33. The first-order valence-corrected chi connectivity index (χ1v) is 9.26. The maximum atomic E-state index is 10.3. The molecule has 132 valence electrons. The van der Waals surface area contributed by atoms with Gasteiger partial charge in [-0.25, -0.2) is 0 Å². The highest BCUT2D eigenvalue weighted by Gasteiger charge is 2.28. The zero-order valence-electron chi connectivity index (χ0n) is 15.0. The molecule has 0 bridgehead atoms. The normalized spacial score (nSPS) is 20.6. The van der Waals surface area contributed by atoms with Crippen molar-refractivity contribution in [3.8, 4) is 5.75 Å². The summed E-state index contributed by atoms with van der Waals surface area (Å²) in [6, 6.07) is 13.8. The number of aryl methyl sites for hydroxylation is 1. The van der Waals surface area contributed by atoms with E-state index in [1.165, 1.54) is 5.56 Å². The topological polar surface area (TPSA) is 44.6 Å². The van der Waals surface area contributed by atoms with Crippen LogP contribution in [0, 0.1) is 5.92 Å². The van der Waals surface area contributed by atoms with Crippen LogP contribution in [0.5, 0.6) is 5.75 Å². The molecule has 1 heterocycles. The average Bonchev–Trinajstić information content (AvgIpc) is 2.63. The lowest BCUT2D eigenvalue weighted by Crippen LogP contribution is -2.41. The van der Waals surface area contributed by atoms with Gasteiger partial charge in [-0.2, -0.15) is 0 Å². The molecule has 1 aliphatic heterocycles. The Morgan fingerprint density at radius 2 is 1.92 bits per heavy atom. The number of phenolic OH excluding ortho intramolecular Hbond substituents is 1. The monoisotopic (exact) mass is 356 g/mol. The number of benzene rings is 2. The van der Waals surface area contributed by atoms with E-state index in [-0.39, 0.29) is 18.0 Å². The summed E-state index contributed by atoms with van der Waals surface area (Å²) in [5.41, 5.74) is 4.37. The van der Waals surface area contributed by atoms with Crippen molar-refractivity contribution < 1.29 is 5.11 Å². The lowest BCUT2D eigenvalue weighted by Gasteiger charge is -2.32. The Kier molecular flexibility index (Phi) is 5.45. The van der Waals surface area contributed by atoms with Crippen LogP contribution in [-0.2, 0) is 6.42 Å². The number of halogens is 1. The molecule has 0 saturated heterocycles. The van der Waals surface area contributed by atoms with Gasteiger partial charge in [0.05, 0.1) is 0 Å². The fourth-order valence-electron chi connectivity index (χ4n) is 3.19. The van der Waals surface area contributed by atoms with Gasteiger partial charge in [-0.3, -0.25) is 10.3 Å². The third-order valence-corrected chi connectivity index (χ3v) is 4.99. The molecule has 0 fully saturated rings. The molecule has 0 saturated carbocycles. The molecule has 1 aliphatic rings. The molecule has 2 atom stereocenters. The molecule has 3 rings (SSSR count). The van der Waals surface area contributed by atoms with E-state index in [1.54, 1.807) is 12.1 Å². The van der Waals surface area contributed by atoms with Gasteiger partial charge >= 0.3 is 0 Å². The van der Waals surface area contributed by atoms with E-state index in [9.17, 15) is 5.11 Å². The number of nitrogens with one attached hydrogen (secondary N) is 1. The smallest absolute Gasteiger partial charge is 0.120 e. The van der Waals surface area contributed by atoms with Crippen LogP contribution in [0.25, 0.3) is 0 Å². The van der Waals surface area contributed by atoms with Crippen molar-refractivity contribution in [2.45, 2.75) is 45.8 Å². The Morgan fingerprint density at radius 1 is 1.20 bits per heavy atom. The van der Waals surface area contributed by atoms with E-state index >= 15 is 0 Å². The summed E-state index contributed by atoms with van der Waals surface area (Å²) in [4.78, 5) is 4.93. The summed E-state index contributed by atoms with van der Waals surface area (Å²) in [6.45, 7) is 6.46. The molecule has 0 aliphatic carbocycles. The number of nitrogens with zero attached hydrogens (tertiary/aromatic N) is 1. The van der Waals surface area contributed by atoms with E-state index in [0.29, 0.717) is 10.9 Å². The molecule has 0 amide bonds. The molecule has 3 nitrogen and oxygen atoms in total. The Bertz CT molecular complexity index is 768. The van der Waals surface area contributed by atoms with Gasteiger partial charge in [0.15, 0.2) is 0 Å². The van der Waals surface area contributed by atoms with Crippen LogP contribution in [0.3, 0.4) is 0 Å². The molecule has 0 spiro atoms. The number of aliphatic imine (C=N–C) groups is 1. The second-order valence-corrected chi connectivity index (χ2v) is 7.38. The van der Waals surface area contributed by atoms with E-state index < -0.39 is 0 Å². The third kappa shape index (κ3) is 4.05. The molecule has 0 unspecified atom stereocenters. The zero-order valence-corrected chi connectivity index (χ0v) is 15.7. The van der Waals surface area contributed by atoms with Crippen LogP contribution in [0.15, 0.2) is 47.5 Å². The quantitative estimate of drug-likeness (QED) is 0.799. The summed E-state index contributed by atoms with van der Waals surface area (Å²) < 4.78 is 0. The van der Waals surface area contributed by atoms with Gasteiger partial charge in [0, 0.05) is 28.8 Å². The maximum Gasteiger partial charge on any atom is 0.120 e. The number of phenols is 1. The molecule has 25 heavy (non-hydrogen) atoms. The number of aromatic hydroxyl groups is 1. The summed E-state index contributed by atoms with van der Waals surface area (Å²) in [5, 5.41) is 14.5. The van der Waals surface area contributed by atoms with Gasteiger partial charge in [-0.1, -0.05) is 56.6 Å². The van der Waals surface area contributed by atoms with Gasteiger partial charge in [-0.15, -0.1) is 0 Å². The standard InChI is InChI=1S/C21H25ClN2O/c1-4-14-5-7-15(8-6-14)18-12-19(24-21(23-18)13(2)3)17-11-16(22)9-10-20(17)25/h5-11,13,19,21,24-25H,4,12H2,1-3H3/t19-,21-/m1/s1. The highest BCUT2D eigenvalue weighted by atomic mass is 35.5. The van der Waals surface area contributed by atoms with Crippen molar-refractivity contribution in [3.63, 3.8) is 0 Å². The Balaban J connectivity index is 1.95. The minimum Gasteiger partial charge on any atom is -0.508 e. The molecule has 2 aromatic rings. The molecule has 0 aromatic heterocycles. The van der Waals surface area contributed by atoms with Crippen LogP contribution in [0.1, 0.15) is 49.9 Å². The van der Waals surface area contributed by atoms with Crippen molar-refractivity contribution >= 4 is 17.3 Å². The predicted octanol–water partition coefficient (Wildman–Crippen LogP) is 5.11. The van der Waals surface area contributed by atoms with Crippen molar-refractivity contribution in [1.82, 2.24) is 5.32 Å². The first kappa shape index (κ1) is 18.0. The van der Waals surface area contributed by atoms with Crippen molar-refractivity contribution in [2.24, 2.45) is 10.9 Å². The first-order valence-electron chi connectivity index (χ1n) is 8.88. The minimum atomic E-state index is -0.00977. The highest BCUT2D eigenvalue weighted by molar-refractivity contribution is 6.30. The third-order valence-electron chi connectivity index (χ3n) is 4.76. The number of rotatable bonds is 4. The maximum absolute atomic E-state index is 10.3. The van der Waals surface area contributed by atoms with E-state index in [1.807, 2.05) is 6.07 Å². The lowest BCUT2D eigenvalue weighted by atomic mass is 9.92. The summed E-state index contributed by atoms with van der Waals surface area (Å²) >= 11 is 6.15. The molecule has 2 N–H and O–H groups in total. The first-order chi connectivity index (χ1) is 12.0. The van der Waals surface area contributed by atoms with Crippen molar-refractivity contribution in [2.75, 3.05) is 0 Å². The molecule has 2 aromatic carbocycles. The Labute approximate surface area is 154 Å². The molecule has 0 radical (unpaired) electrons.